The van der Waals surface area contributed by atoms with E-state index in [0.29, 0.717) is 38.1 Å². The number of hydrogen-bond donors (Lipinski definition) is 1. The molecule has 0 spiro atoms. The lowest BCUT2D eigenvalue weighted by Gasteiger charge is -2.34. The van der Waals surface area contributed by atoms with Crippen LogP contribution in [0.5, 0.6) is 0 Å². The van der Waals surface area contributed by atoms with Crippen molar-refractivity contribution in [3.63, 3.8) is 0 Å². The Morgan fingerprint density at radius 1 is 1.14 bits per heavy atom. The van der Waals surface area contributed by atoms with E-state index in [9.17, 15) is 22.8 Å². The molecule has 2 unspecified atom stereocenters. The zero-order valence-corrected chi connectivity index (χ0v) is 21.5. The van der Waals surface area contributed by atoms with Crippen molar-refractivity contribution in [3.05, 3.63) is 58.9 Å². The Morgan fingerprint density at radius 2 is 1.86 bits per heavy atom. The summed E-state index contributed by atoms with van der Waals surface area (Å²) in [7, 11) is 0. The summed E-state index contributed by atoms with van der Waals surface area (Å²) in [6.45, 7) is 5.92. The van der Waals surface area contributed by atoms with Crippen molar-refractivity contribution < 1.29 is 27.5 Å². The minimum atomic E-state index is -1.22. The van der Waals surface area contributed by atoms with Crippen LogP contribution in [0.15, 0.2) is 41.9 Å². The predicted octanol–water partition coefficient (Wildman–Crippen LogP) is 4.62. The van der Waals surface area contributed by atoms with E-state index < -0.39 is 35.2 Å². The Morgan fingerprint density at radius 3 is 2.49 bits per heavy atom. The van der Waals surface area contributed by atoms with Gasteiger partial charge in [-0.2, -0.15) is 0 Å². The van der Waals surface area contributed by atoms with Crippen molar-refractivity contribution in [3.8, 4) is 0 Å². The van der Waals surface area contributed by atoms with Gasteiger partial charge >= 0.3 is 0 Å². The second kappa shape index (κ2) is 11.3. The molecule has 0 aromatic heterocycles. The highest BCUT2D eigenvalue weighted by molar-refractivity contribution is 5.98. The fraction of sp³-hybridized carbons (Fsp3) is 0.571. The number of allylic oxidation sites excluding steroid dienone is 3. The Balaban J connectivity index is 1.31. The van der Waals surface area contributed by atoms with Crippen LogP contribution in [0, 0.1) is 11.7 Å². The summed E-state index contributed by atoms with van der Waals surface area (Å²) < 4.78 is 49.4. The molecular weight excluding hydrogens is 483 g/mol. The third-order valence-corrected chi connectivity index (χ3v) is 7.42. The summed E-state index contributed by atoms with van der Waals surface area (Å²) in [6.07, 6.45) is 6.27. The van der Waals surface area contributed by atoms with Crippen LogP contribution in [0.2, 0.25) is 0 Å². The van der Waals surface area contributed by atoms with Crippen LogP contribution in [0.3, 0.4) is 0 Å². The highest BCUT2D eigenvalue weighted by atomic mass is 19.1. The van der Waals surface area contributed by atoms with E-state index in [1.807, 2.05) is 0 Å². The first-order chi connectivity index (χ1) is 17.5. The highest BCUT2D eigenvalue weighted by Gasteiger charge is 2.34. The van der Waals surface area contributed by atoms with Gasteiger partial charge in [-0.25, -0.2) is 13.2 Å². The van der Waals surface area contributed by atoms with Gasteiger partial charge in [-0.05, 0) is 82.3 Å². The molecule has 1 aromatic rings. The molecule has 0 radical (unpaired) electrons. The first-order valence-electron chi connectivity index (χ1n) is 13.0. The number of halogens is 3. The Labute approximate surface area is 216 Å². The molecule has 6 nitrogen and oxygen atoms in total. The zero-order chi connectivity index (χ0) is 26.7. The summed E-state index contributed by atoms with van der Waals surface area (Å²) in [6, 6.07) is 3.54. The fourth-order valence-electron chi connectivity index (χ4n) is 5.46. The van der Waals surface area contributed by atoms with Crippen LogP contribution in [0.1, 0.15) is 67.8 Å². The number of benzene rings is 1. The van der Waals surface area contributed by atoms with Gasteiger partial charge in [0.15, 0.2) is 0 Å². The molecule has 37 heavy (non-hydrogen) atoms. The minimum Gasteiger partial charge on any atom is -0.491 e. The number of primary amides is 1. The molecule has 2 amide bonds. The summed E-state index contributed by atoms with van der Waals surface area (Å²) in [5.74, 6) is -2.17. The molecule has 2 heterocycles. The third kappa shape index (κ3) is 6.74. The minimum absolute atomic E-state index is 0.0401. The van der Waals surface area contributed by atoms with Gasteiger partial charge in [-0.1, -0.05) is 12.1 Å². The first-order valence-corrected chi connectivity index (χ1v) is 13.0. The number of hydrogen-bond acceptors (Lipinski definition) is 4. The van der Waals surface area contributed by atoms with E-state index in [4.69, 9.17) is 10.5 Å². The van der Waals surface area contributed by atoms with E-state index in [2.05, 4.69) is 4.90 Å². The van der Waals surface area contributed by atoms with Crippen LogP contribution >= 0.6 is 0 Å². The van der Waals surface area contributed by atoms with Crippen LogP contribution < -0.4 is 5.73 Å². The molecule has 3 aliphatic rings. The second-order valence-corrected chi connectivity index (χ2v) is 11.0. The van der Waals surface area contributed by atoms with Gasteiger partial charge in [0.25, 0.3) is 5.91 Å². The van der Waals surface area contributed by atoms with Crippen LogP contribution in [0.25, 0.3) is 0 Å². The van der Waals surface area contributed by atoms with Gasteiger partial charge < -0.3 is 20.3 Å². The van der Waals surface area contributed by atoms with E-state index >= 15 is 0 Å². The average Bonchev–Trinajstić information content (AvgIpc) is 3.33. The summed E-state index contributed by atoms with van der Waals surface area (Å²) in [5.41, 5.74) is 4.58. The molecule has 2 saturated heterocycles. The maximum atomic E-state index is 14.9. The Hall–Kier alpha value is -2.81. The summed E-state index contributed by atoms with van der Waals surface area (Å²) in [4.78, 5) is 27.8. The molecule has 1 aliphatic carbocycles. The number of carbonyl (C=O) groups excluding carboxylic acids is 2. The number of amides is 2. The largest absolute Gasteiger partial charge is 0.491 e. The van der Waals surface area contributed by atoms with E-state index in [-0.39, 0.29) is 29.6 Å². The van der Waals surface area contributed by atoms with Crippen molar-refractivity contribution in [2.24, 2.45) is 11.7 Å². The van der Waals surface area contributed by atoms with Gasteiger partial charge in [0.1, 0.15) is 29.1 Å². The normalized spacial score (nSPS) is 23.5. The van der Waals surface area contributed by atoms with Gasteiger partial charge in [-0.15, -0.1) is 0 Å². The van der Waals surface area contributed by atoms with E-state index in [1.54, 1.807) is 32.1 Å². The van der Waals surface area contributed by atoms with Gasteiger partial charge in [-0.3, -0.25) is 9.59 Å². The van der Waals surface area contributed by atoms with Crippen LogP contribution in [-0.2, 0) is 9.53 Å². The van der Waals surface area contributed by atoms with E-state index in [1.165, 1.54) is 17.0 Å². The topological polar surface area (TPSA) is 75.9 Å². The summed E-state index contributed by atoms with van der Waals surface area (Å²) >= 11 is 0. The maximum Gasteiger partial charge on any atom is 0.257 e. The van der Waals surface area contributed by atoms with Crippen molar-refractivity contribution >= 4 is 11.8 Å². The van der Waals surface area contributed by atoms with Gasteiger partial charge in [0, 0.05) is 25.4 Å². The molecular formula is C28H36F3N3O3. The molecule has 2 N–H and O–H groups in total. The number of nitrogens with two attached hydrogens (primary N) is 1. The van der Waals surface area contributed by atoms with Crippen molar-refractivity contribution in [1.29, 1.82) is 0 Å². The number of piperidine rings is 1. The van der Waals surface area contributed by atoms with Crippen molar-refractivity contribution in [2.45, 2.75) is 63.6 Å². The summed E-state index contributed by atoms with van der Waals surface area (Å²) in [5, 5.41) is 0. The molecule has 4 rings (SSSR count). The van der Waals surface area contributed by atoms with Crippen molar-refractivity contribution in [2.75, 3.05) is 32.8 Å². The molecule has 2 atom stereocenters. The molecule has 9 heteroatoms. The third-order valence-electron chi connectivity index (χ3n) is 7.42. The lowest BCUT2D eigenvalue weighted by molar-refractivity contribution is -0.121. The fourth-order valence-corrected chi connectivity index (χ4v) is 5.46. The lowest BCUT2D eigenvalue weighted by Crippen LogP contribution is -2.43. The number of nitrogens with zero attached hydrogens (tertiary/aromatic N) is 2. The molecule has 202 valence electrons. The Kier molecular flexibility index (Phi) is 8.31. The van der Waals surface area contributed by atoms with Gasteiger partial charge in [0.2, 0.25) is 5.91 Å². The second-order valence-electron chi connectivity index (χ2n) is 11.0. The van der Waals surface area contributed by atoms with E-state index in [0.717, 1.165) is 25.9 Å². The molecule has 1 aromatic carbocycles. The smallest absolute Gasteiger partial charge is 0.257 e. The van der Waals surface area contributed by atoms with Crippen LogP contribution in [-0.4, -0.2) is 66.1 Å². The number of alkyl halides is 1. The quantitative estimate of drug-likeness (QED) is 0.544. The molecule has 2 fully saturated rings. The monoisotopic (exact) mass is 519 g/mol. The molecule has 2 aliphatic heterocycles. The number of carbonyl (C=O) groups is 2. The van der Waals surface area contributed by atoms with Crippen LogP contribution in [0.4, 0.5) is 13.2 Å². The molecule has 0 saturated carbocycles. The average molecular weight is 520 g/mol. The lowest BCUT2D eigenvalue weighted by atomic mass is 9.90. The van der Waals surface area contributed by atoms with Crippen molar-refractivity contribution in [1.82, 2.24) is 9.80 Å². The Bertz CT molecular complexity index is 1070. The number of likely N-dealkylation sites (tertiary alicyclic amines) is 2. The SMILES string of the molecule is CC(C)(F)CN1CCC(COC2=C(F)CC(c3ccc(C(=O)N4CCCC4C(N)=O)c(F)c3)C=C2)CC1. The maximum absolute atomic E-state index is 14.9. The number of ether oxygens (including phenoxy) is 1. The first kappa shape index (κ1) is 27.2. The number of rotatable bonds is 8. The zero-order valence-electron chi connectivity index (χ0n) is 21.5. The standard InChI is InChI=1S/C28H36F3N3O3/c1-28(2,31)17-33-12-9-18(10-13-33)16-37-25-8-6-20(15-23(25)30)19-5-7-21(22(29)14-19)27(36)34-11-3-4-24(34)26(32)35/h5-8,14,18,20,24H,3-4,9-13,15-17H2,1-2H3,(H2,32,35). The van der Waals surface area contributed by atoms with Gasteiger partial charge in [0.05, 0.1) is 12.2 Å². The molecule has 0 bridgehead atoms. The predicted molar refractivity (Wildman–Crippen MR) is 135 cm³/mol. The highest BCUT2D eigenvalue weighted by Crippen LogP contribution is 2.34.